The van der Waals surface area contributed by atoms with E-state index in [9.17, 15) is 9.59 Å². The first-order valence-corrected chi connectivity index (χ1v) is 3.24. The summed E-state index contributed by atoms with van der Waals surface area (Å²) in [6.45, 7) is 3.43. The minimum Gasteiger partial charge on any atom is -0.466 e. The van der Waals surface area contributed by atoms with Gasteiger partial charge in [0.25, 0.3) is 0 Å². The molecule has 0 aromatic rings. The van der Waals surface area contributed by atoms with Crippen molar-refractivity contribution in [1.82, 2.24) is 0 Å². The zero-order valence-electron chi connectivity index (χ0n) is 7.05. The molecule has 0 saturated heterocycles. The van der Waals surface area contributed by atoms with Crippen LogP contribution in [0.15, 0.2) is 5.57 Å². The predicted octanol–water partition coefficient (Wildman–Crippen LogP) is 0.286. The Labute approximate surface area is 71.2 Å². The Morgan fingerprint density at radius 2 is 1.92 bits per heavy atom. The summed E-state index contributed by atoms with van der Waals surface area (Å²) in [4.78, 5) is 21.4. The standard InChI is InChI=1S/C8H10O4/c1-4-6(8(10)12-3)5-7(9)11-2/h1,4H2,2-3H3. The van der Waals surface area contributed by atoms with Gasteiger partial charge in [0, 0.05) is 0 Å². The van der Waals surface area contributed by atoms with Gasteiger partial charge in [0.05, 0.1) is 25.9 Å². The monoisotopic (exact) mass is 170 g/mol. The highest BCUT2D eigenvalue weighted by molar-refractivity contribution is 5.93. The largest absolute Gasteiger partial charge is 0.466 e. The van der Waals surface area contributed by atoms with Crippen LogP contribution < -0.4 is 0 Å². The topological polar surface area (TPSA) is 52.6 Å². The van der Waals surface area contributed by atoms with Gasteiger partial charge < -0.3 is 9.47 Å². The molecule has 0 heterocycles. The van der Waals surface area contributed by atoms with Crippen LogP contribution in [0.1, 0.15) is 6.42 Å². The molecule has 0 aliphatic rings. The SMILES string of the molecule is [CH2]CC(=[C]C(=O)OC)C(=O)OC. The molecule has 0 aliphatic carbocycles. The lowest BCUT2D eigenvalue weighted by Gasteiger charge is -1.99. The van der Waals surface area contributed by atoms with Crippen molar-refractivity contribution in [3.05, 3.63) is 18.6 Å². The van der Waals surface area contributed by atoms with Gasteiger partial charge in [-0.2, -0.15) is 0 Å². The number of rotatable bonds is 3. The molecule has 0 amide bonds. The number of methoxy groups -OCH3 is 2. The Morgan fingerprint density at radius 1 is 1.33 bits per heavy atom. The molecular weight excluding hydrogens is 160 g/mol. The van der Waals surface area contributed by atoms with Gasteiger partial charge in [-0.3, -0.25) is 0 Å². The van der Waals surface area contributed by atoms with E-state index >= 15 is 0 Å². The molecule has 0 rings (SSSR count). The first-order chi connectivity index (χ1) is 5.65. The van der Waals surface area contributed by atoms with Crippen LogP contribution in [0.5, 0.6) is 0 Å². The first kappa shape index (κ1) is 10.7. The molecular formula is C8H10O4. The summed E-state index contributed by atoms with van der Waals surface area (Å²) in [5.74, 6) is -1.32. The average molecular weight is 170 g/mol. The normalized spacial score (nSPS) is 10.8. The van der Waals surface area contributed by atoms with Gasteiger partial charge in [-0.1, -0.05) is 0 Å². The Kier molecular flexibility index (Phi) is 4.76. The fourth-order valence-corrected chi connectivity index (χ4v) is 0.513. The van der Waals surface area contributed by atoms with E-state index in [1.54, 1.807) is 0 Å². The van der Waals surface area contributed by atoms with E-state index in [4.69, 9.17) is 0 Å². The summed E-state index contributed by atoms with van der Waals surface area (Å²) in [5.41, 5.74) is 0.0735. The highest BCUT2D eigenvalue weighted by Crippen LogP contribution is 2.01. The Bertz CT molecular complexity index is 205. The number of hydrogen-bond donors (Lipinski definition) is 0. The van der Waals surface area contributed by atoms with E-state index in [1.165, 1.54) is 14.2 Å². The van der Waals surface area contributed by atoms with Crippen molar-refractivity contribution < 1.29 is 19.1 Å². The van der Waals surface area contributed by atoms with Crippen LogP contribution in [0.2, 0.25) is 0 Å². The third-order valence-electron chi connectivity index (χ3n) is 1.12. The van der Waals surface area contributed by atoms with E-state index in [2.05, 4.69) is 22.5 Å². The van der Waals surface area contributed by atoms with Crippen LogP contribution in [0, 0.1) is 13.0 Å². The van der Waals surface area contributed by atoms with Crippen molar-refractivity contribution in [2.75, 3.05) is 14.2 Å². The van der Waals surface area contributed by atoms with Crippen molar-refractivity contribution in [3.8, 4) is 0 Å². The highest BCUT2D eigenvalue weighted by Gasteiger charge is 2.09. The Hall–Kier alpha value is -1.32. The fraction of sp³-hybridized carbons (Fsp3) is 0.375. The van der Waals surface area contributed by atoms with E-state index in [0.717, 1.165) is 0 Å². The third kappa shape index (κ3) is 3.18. The average Bonchev–Trinajstić information content (AvgIpc) is 2.12. The third-order valence-corrected chi connectivity index (χ3v) is 1.12. The molecule has 0 unspecified atom stereocenters. The molecule has 0 bridgehead atoms. The summed E-state index contributed by atoms with van der Waals surface area (Å²) in [5, 5.41) is 0. The summed E-state index contributed by atoms with van der Waals surface area (Å²) < 4.78 is 8.63. The molecule has 12 heavy (non-hydrogen) atoms. The minimum absolute atomic E-state index is 0.0735. The maximum atomic E-state index is 10.8. The van der Waals surface area contributed by atoms with Crippen molar-refractivity contribution in [1.29, 1.82) is 0 Å². The number of hydrogen-bond acceptors (Lipinski definition) is 4. The number of ether oxygens (including phenoxy) is 2. The number of carbonyl (C=O) groups is 2. The van der Waals surface area contributed by atoms with Crippen LogP contribution in [0.3, 0.4) is 0 Å². The van der Waals surface area contributed by atoms with E-state index in [1.807, 2.05) is 0 Å². The zero-order valence-corrected chi connectivity index (χ0v) is 7.05. The molecule has 0 atom stereocenters. The number of esters is 2. The van der Waals surface area contributed by atoms with Gasteiger partial charge in [0.2, 0.25) is 0 Å². The van der Waals surface area contributed by atoms with Crippen LogP contribution >= 0.6 is 0 Å². The van der Waals surface area contributed by atoms with Crippen molar-refractivity contribution in [2.45, 2.75) is 6.42 Å². The quantitative estimate of drug-likeness (QED) is 0.451. The molecule has 0 fully saturated rings. The van der Waals surface area contributed by atoms with Gasteiger partial charge in [0.15, 0.2) is 0 Å². The smallest absolute Gasteiger partial charge is 0.339 e. The maximum absolute atomic E-state index is 10.8. The molecule has 0 aliphatic heterocycles. The second kappa shape index (κ2) is 5.35. The van der Waals surface area contributed by atoms with Gasteiger partial charge in [-0.15, -0.1) is 0 Å². The molecule has 0 saturated carbocycles. The summed E-state index contributed by atoms with van der Waals surface area (Å²) in [6.07, 6.45) is 2.33. The number of carbonyl (C=O) groups excluding carboxylic acids is 2. The lowest BCUT2D eigenvalue weighted by Crippen LogP contribution is -2.08. The zero-order chi connectivity index (χ0) is 9.56. The van der Waals surface area contributed by atoms with E-state index in [-0.39, 0.29) is 12.0 Å². The van der Waals surface area contributed by atoms with Gasteiger partial charge in [-0.05, 0) is 13.3 Å². The molecule has 0 spiro atoms. The van der Waals surface area contributed by atoms with Crippen molar-refractivity contribution >= 4 is 11.9 Å². The molecule has 4 heteroatoms. The maximum Gasteiger partial charge on any atom is 0.339 e. The van der Waals surface area contributed by atoms with Crippen LogP contribution in [0.4, 0.5) is 0 Å². The molecule has 0 aromatic heterocycles. The second-order valence-corrected chi connectivity index (χ2v) is 1.84. The molecule has 2 radical (unpaired) electrons. The van der Waals surface area contributed by atoms with E-state index < -0.39 is 11.9 Å². The van der Waals surface area contributed by atoms with Crippen LogP contribution in [-0.4, -0.2) is 26.2 Å². The van der Waals surface area contributed by atoms with Crippen molar-refractivity contribution in [2.24, 2.45) is 0 Å². The van der Waals surface area contributed by atoms with Gasteiger partial charge in [-0.25, -0.2) is 9.59 Å². The minimum atomic E-state index is -0.709. The van der Waals surface area contributed by atoms with Gasteiger partial charge in [0.1, 0.15) is 0 Å². The van der Waals surface area contributed by atoms with Crippen LogP contribution in [-0.2, 0) is 19.1 Å². The first-order valence-electron chi connectivity index (χ1n) is 3.24. The molecule has 4 nitrogen and oxygen atoms in total. The Morgan fingerprint density at radius 3 is 2.25 bits per heavy atom. The second-order valence-electron chi connectivity index (χ2n) is 1.84. The molecule has 0 N–H and O–H groups in total. The van der Waals surface area contributed by atoms with Crippen molar-refractivity contribution in [3.63, 3.8) is 0 Å². The summed E-state index contributed by atoms with van der Waals surface area (Å²) >= 11 is 0. The Balaban J connectivity index is 4.43. The lowest BCUT2D eigenvalue weighted by molar-refractivity contribution is -0.139. The van der Waals surface area contributed by atoms with Crippen LogP contribution in [0.25, 0.3) is 0 Å². The fourth-order valence-electron chi connectivity index (χ4n) is 0.513. The molecule has 66 valence electrons. The lowest BCUT2D eigenvalue weighted by atomic mass is 10.2. The summed E-state index contributed by atoms with van der Waals surface area (Å²) in [7, 11) is 2.42. The predicted molar refractivity (Wildman–Crippen MR) is 40.8 cm³/mol. The summed E-state index contributed by atoms with van der Waals surface area (Å²) in [6, 6.07) is 0. The van der Waals surface area contributed by atoms with E-state index in [0.29, 0.717) is 0 Å². The highest BCUT2D eigenvalue weighted by atomic mass is 16.5. The van der Waals surface area contributed by atoms with Gasteiger partial charge >= 0.3 is 11.9 Å². The molecule has 0 aromatic carbocycles.